The van der Waals surface area contributed by atoms with Crippen LogP contribution in [-0.4, -0.2) is 5.91 Å². The molecule has 1 amide bonds. The molecule has 0 bridgehead atoms. The van der Waals surface area contributed by atoms with Gasteiger partial charge in [-0.15, -0.1) is 0 Å². The van der Waals surface area contributed by atoms with E-state index < -0.39 is 0 Å². The van der Waals surface area contributed by atoms with Crippen molar-refractivity contribution >= 4 is 21.8 Å². The highest BCUT2D eigenvalue weighted by Gasteiger charge is 2.24. The first-order chi connectivity index (χ1) is 6.20. The number of fused-ring (bicyclic) bond motifs is 1. The van der Waals surface area contributed by atoms with Crippen LogP contribution in [0.4, 0.5) is 0 Å². The zero-order valence-electron chi connectivity index (χ0n) is 7.30. The van der Waals surface area contributed by atoms with Crippen LogP contribution >= 0.6 is 15.9 Å². The van der Waals surface area contributed by atoms with Crippen LogP contribution < -0.4 is 5.32 Å². The van der Waals surface area contributed by atoms with Gasteiger partial charge < -0.3 is 5.32 Å². The second-order valence-corrected chi connectivity index (χ2v) is 4.11. The Hall–Kier alpha value is -0.830. The molecule has 0 aromatic heterocycles. The maximum Gasteiger partial charge on any atom is 0.227 e. The summed E-state index contributed by atoms with van der Waals surface area (Å²) in [5.41, 5.74) is 2.34. The summed E-state index contributed by atoms with van der Waals surface area (Å²) >= 11 is 3.47. The highest BCUT2D eigenvalue weighted by atomic mass is 79.9. The summed E-state index contributed by atoms with van der Waals surface area (Å²) in [6, 6.07) is 6.02. The largest absolute Gasteiger partial charge is 0.351 e. The minimum absolute atomic E-state index is 0.0423. The van der Waals surface area contributed by atoms with Gasteiger partial charge in [-0.3, -0.25) is 4.79 Å². The van der Waals surface area contributed by atoms with E-state index in [9.17, 15) is 4.79 Å². The third-order valence-corrected chi connectivity index (χ3v) is 3.11. The van der Waals surface area contributed by atoms with Gasteiger partial charge in [-0.25, -0.2) is 0 Å². The third-order valence-electron chi connectivity index (χ3n) is 2.42. The highest BCUT2D eigenvalue weighted by Crippen LogP contribution is 2.31. The number of amides is 1. The van der Waals surface area contributed by atoms with E-state index in [2.05, 4.69) is 27.3 Å². The lowest BCUT2D eigenvalue weighted by molar-refractivity contribution is -0.122. The maximum atomic E-state index is 11.4. The minimum Gasteiger partial charge on any atom is -0.351 e. The molecule has 68 valence electrons. The van der Waals surface area contributed by atoms with Crippen LogP contribution in [0.3, 0.4) is 0 Å². The van der Waals surface area contributed by atoms with Gasteiger partial charge in [0.2, 0.25) is 5.91 Å². The quantitative estimate of drug-likeness (QED) is 0.739. The standard InChI is InChI=1S/C10H10BrNO/c1-6-9-7(5-12-10(6)13)3-2-4-8(9)11/h2-4,6H,5H2,1H3,(H,12,13). The van der Waals surface area contributed by atoms with Gasteiger partial charge in [-0.2, -0.15) is 0 Å². The Labute approximate surface area is 85.5 Å². The molecule has 1 atom stereocenters. The lowest BCUT2D eigenvalue weighted by Crippen LogP contribution is -2.33. The first kappa shape index (κ1) is 8.75. The van der Waals surface area contributed by atoms with Crippen LogP contribution in [0.2, 0.25) is 0 Å². The van der Waals surface area contributed by atoms with Crippen molar-refractivity contribution in [2.75, 3.05) is 0 Å². The average Bonchev–Trinajstić information content (AvgIpc) is 2.12. The monoisotopic (exact) mass is 239 g/mol. The van der Waals surface area contributed by atoms with Crippen LogP contribution in [-0.2, 0) is 11.3 Å². The summed E-state index contributed by atoms with van der Waals surface area (Å²) in [6.45, 7) is 2.58. The molecule has 1 aromatic carbocycles. The molecule has 1 heterocycles. The lowest BCUT2D eigenvalue weighted by Gasteiger charge is -2.23. The van der Waals surface area contributed by atoms with Crippen LogP contribution in [0.15, 0.2) is 22.7 Å². The molecular weight excluding hydrogens is 230 g/mol. The van der Waals surface area contributed by atoms with E-state index in [-0.39, 0.29) is 11.8 Å². The fraction of sp³-hybridized carbons (Fsp3) is 0.300. The van der Waals surface area contributed by atoms with E-state index in [1.54, 1.807) is 0 Å². The van der Waals surface area contributed by atoms with Gasteiger partial charge in [-0.1, -0.05) is 28.1 Å². The Balaban J connectivity index is 2.57. The molecule has 0 radical (unpaired) electrons. The highest BCUT2D eigenvalue weighted by molar-refractivity contribution is 9.10. The summed E-state index contributed by atoms with van der Waals surface area (Å²) in [6.07, 6.45) is 0. The number of hydrogen-bond acceptors (Lipinski definition) is 1. The van der Waals surface area contributed by atoms with Gasteiger partial charge in [0, 0.05) is 11.0 Å². The van der Waals surface area contributed by atoms with E-state index in [0.29, 0.717) is 6.54 Å². The summed E-state index contributed by atoms with van der Waals surface area (Å²) in [5.74, 6) is 0.0683. The van der Waals surface area contributed by atoms with Crippen molar-refractivity contribution in [1.29, 1.82) is 0 Å². The maximum absolute atomic E-state index is 11.4. The SMILES string of the molecule is CC1C(=O)NCc2cccc(Br)c21. The summed E-state index contributed by atoms with van der Waals surface area (Å²) in [7, 11) is 0. The fourth-order valence-electron chi connectivity index (χ4n) is 1.69. The Kier molecular flexibility index (Phi) is 2.12. The second kappa shape index (κ2) is 3.14. The first-order valence-corrected chi connectivity index (χ1v) is 5.04. The Morgan fingerprint density at radius 1 is 1.54 bits per heavy atom. The van der Waals surface area contributed by atoms with Crippen molar-refractivity contribution in [3.8, 4) is 0 Å². The molecule has 2 rings (SSSR count). The number of benzene rings is 1. The number of nitrogens with one attached hydrogen (secondary N) is 1. The zero-order chi connectivity index (χ0) is 9.42. The predicted molar refractivity (Wildman–Crippen MR) is 54.4 cm³/mol. The Morgan fingerprint density at radius 3 is 3.08 bits per heavy atom. The number of carbonyl (C=O) groups is 1. The minimum atomic E-state index is -0.0423. The Bertz CT molecular complexity index is 362. The predicted octanol–water partition coefficient (Wildman–Crippen LogP) is 2.18. The van der Waals surface area contributed by atoms with E-state index in [1.165, 1.54) is 5.56 Å². The number of rotatable bonds is 0. The smallest absolute Gasteiger partial charge is 0.227 e. The third kappa shape index (κ3) is 1.37. The molecule has 0 fully saturated rings. The Morgan fingerprint density at radius 2 is 2.31 bits per heavy atom. The average molecular weight is 240 g/mol. The van der Waals surface area contributed by atoms with Gasteiger partial charge in [-0.05, 0) is 24.1 Å². The number of carbonyl (C=O) groups excluding carboxylic acids is 1. The molecule has 1 N–H and O–H groups in total. The van der Waals surface area contributed by atoms with Crippen LogP contribution in [0.5, 0.6) is 0 Å². The summed E-state index contributed by atoms with van der Waals surface area (Å²) in [4.78, 5) is 11.4. The zero-order valence-corrected chi connectivity index (χ0v) is 8.89. The second-order valence-electron chi connectivity index (χ2n) is 3.25. The normalized spacial score (nSPS) is 20.8. The lowest BCUT2D eigenvalue weighted by atomic mass is 9.92. The molecule has 0 aliphatic carbocycles. The molecule has 1 aromatic rings. The van der Waals surface area contributed by atoms with Gasteiger partial charge in [0.05, 0.1) is 5.92 Å². The van der Waals surface area contributed by atoms with Crippen molar-refractivity contribution < 1.29 is 4.79 Å². The van der Waals surface area contributed by atoms with Gasteiger partial charge in [0.15, 0.2) is 0 Å². The molecule has 0 saturated carbocycles. The molecule has 3 heteroatoms. The molecule has 2 nitrogen and oxygen atoms in total. The number of halogens is 1. The van der Waals surface area contributed by atoms with E-state index >= 15 is 0 Å². The van der Waals surface area contributed by atoms with E-state index in [0.717, 1.165) is 10.0 Å². The van der Waals surface area contributed by atoms with Gasteiger partial charge in [0.1, 0.15) is 0 Å². The van der Waals surface area contributed by atoms with Crippen molar-refractivity contribution in [2.45, 2.75) is 19.4 Å². The van der Waals surface area contributed by atoms with E-state index in [4.69, 9.17) is 0 Å². The van der Waals surface area contributed by atoms with E-state index in [1.807, 2.05) is 19.1 Å². The van der Waals surface area contributed by atoms with Crippen LogP contribution in [0.1, 0.15) is 24.0 Å². The summed E-state index contributed by atoms with van der Waals surface area (Å²) < 4.78 is 1.03. The van der Waals surface area contributed by atoms with Crippen molar-refractivity contribution in [2.24, 2.45) is 0 Å². The molecule has 0 saturated heterocycles. The van der Waals surface area contributed by atoms with Crippen LogP contribution in [0.25, 0.3) is 0 Å². The van der Waals surface area contributed by atoms with Gasteiger partial charge >= 0.3 is 0 Å². The summed E-state index contributed by atoms with van der Waals surface area (Å²) in [5, 5.41) is 2.86. The molecule has 1 aliphatic rings. The fourth-order valence-corrected chi connectivity index (χ4v) is 2.44. The van der Waals surface area contributed by atoms with Crippen molar-refractivity contribution in [3.05, 3.63) is 33.8 Å². The van der Waals surface area contributed by atoms with Crippen LogP contribution in [0, 0.1) is 0 Å². The molecule has 1 unspecified atom stereocenters. The molecule has 1 aliphatic heterocycles. The molecule has 13 heavy (non-hydrogen) atoms. The van der Waals surface area contributed by atoms with Gasteiger partial charge in [0.25, 0.3) is 0 Å². The molecular formula is C10H10BrNO. The number of hydrogen-bond donors (Lipinski definition) is 1. The van der Waals surface area contributed by atoms with Crippen molar-refractivity contribution in [1.82, 2.24) is 5.32 Å². The van der Waals surface area contributed by atoms with Crippen molar-refractivity contribution in [3.63, 3.8) is 0 Å². The first-order valence-electron chi connectivity index (χ1n) is 4.25. The topological polar surface area (TPSA) is 29.1 Å². The molecule has 0 spiro atoms.